The number of methoxy groups -OCH3 is 1. The molecule has 146 valence electrons. The average Bonchev–Trinajstić information content (AvgIpc) is 3.39. The van der Waals surface area contributed by atoms with E-state index in [1.807, 2.05) is 48.5 Å². The fourth-order valence-corrected chi connectivity index (χ4v) is 3.06. The van der Waals surface area contributed by atoms with Gasteiger partial charge in [0, 0.05) is 13.1 Å². The van der Waals surface area contributed by atoms with E-state index < -0.39 is 0 Å². The third-order valence-electron chi connectivity index (χ3n) is 4.43. The van der Waals surface area contributed by atoms with Crippen molar-refractivity contribution < 1.29 is 19.0 Å². The second-order valence-corrected chi connectivity index (χ2v) is 6.73. The molecule has 4 rings (SSSR count). The molecule has 2 heterocycles. The quantitative estimate of drug-likeness (QED) is 0.640. The van der Waals surface area contributed by atoms with Gasteiger partial charge in [-0.3, -0.25) is 10.3 Å². The summed E-state index contributed by atoms with van der Waals surface area (Å²) in [4.78, 5) is 5.59. The Balaban J connectivity index is 1.24. The summed E-state index contributed by atoms with van der Waals surface area (Å²) in [5.74, 6) is 2.36. The molecular weight excluding hydrogens is 378 g/mol. The van der Waals surface area contributed by atoms with Crippen LogP contribution >= 0.6 is 12.2 Å². The number of thiocarbonyl (C=S) groups is 1. The van der Waals surface area contributed by atoms with E-state index in [4.69, 9.17) is 31.3 Å². The molecule has 28 heavy (non-hydrogen) atoms. The van der Waals surface area contributed by atoms with Gasteiger partial charge < -0.3 is 24.8 Å². The lowest BCUT2D eigenvalue weighted by Crippen LogP contribution is -2.39. The Hall–Kier alpha value is -2.97. The molecule has 7 nitrogen and oxygen atoms in total. The van der Waals surface area contributed by atoms with E-state index in [1.165, 1.54) is 0 Å². The molecule has 0 saturated heterocycles. The molecule has 8 heteroatoms. The van der Waals surface area contributed by atoms with Gasteiger partial charge in [0.25, 0.3) is 0 Å². The molecule has 1 atom stereocenters. The lowest BCUT2D eigenvalue weighted by molar-refractivity contribution is 0.0542. The van der Waals surface area contributed by atoms with Crippen molar-refractivity contribution in [2.75, 3.05) is 20.4 Å². The fourth-order valence-electron chi connectivity index (χ4n) is 2.91. The SMILES string of the molecule is COc1ccc(C2=C[C@H](CNC(=S)NCc3ccc4c(c3)OCO4)ON2)cc1. The minimum atomic E-state index is -0.123. The smallest absolute Gasteiger partial charge is 0.231 e. The number of hydrogen-bond donors (Lipinski definition) is 3. The Morgan fingerprint density at radius 3 is 2.79 bits per heavy atom. The molecule has 0 amide bonds. The molecule has 0 fully saturated rings. The van der Waals surface area contributed by atoms with Gasteiger partial charge in [-0.05, 0) is 65.8 Å². The minimum absolute atomic E-state index is 0.123. The summed E-state index contributed by atoms with van der Waals surface area (Å²) in [5, 5.41) is 6.92. The Kier molecular flexibility index (Phi) is 5.50. The van der Waals surface area contributed by atoms with Gasteiger partial charge in [-0.1, -0.05) is 6.07 Å². The van der Waals surface area contributed by atoms with Crippen molar-refractivity contribution in [3.8, 4) is 17.2 Å². The van der Waals surface area contributed by atoms with Gasteiger partial charge in [0.2, 0.25) is 6.79 Å². The Labute approximate surface area is 168 Å². The molecule has 0 saturated carbocycles. The zero-order valence-electron chi connectivity index (χ0n) is 15.4. The van der Waals surface area contributed by atoms with Crippen LogP contribution in [0.15, 0.2) is 48.5 Å². The van der Waals surface area contributed by atoms with E-state index in [0.29, 0.717) is 18.2 Å². The fraction of sp³-hybridized carbons (Fsp3) is 0.250. The molecular formula is C20H21N3O4S. The molecule has 0 radical (unpaired) electrons. The van der Waals surface area contributed by atoms with Gasteiger partial charge in [0.15, 0.2) is 16.6 Å². The summed E-state index contributed by atoms with van der Waals surface area (Å²) in [6, 6.07) is 13.6. The molecule has 0 unspecified atom stereocenters. The van der Waals surface area contributed by atoms with Crippen LogP contribution < -0.4 is 30.3 Å². The second-order valence-electron chi connectivity index (χ2n) is 6.32. The van der Waals surface area contributed by atoms with Crippen LogP contribution in [0.2, 0.25) is 0 Å². The van der Waals surface area contributed by atoms with E-state index in [-0.39, 0.29) is 12.9 Å². The lowest BCUT2D eigenvalue weighted by atomic mass is 10.1. The third-order valence-corrected chi connectivity index (χ3v) is 4.72. The molecule has 0 bridgehead atoms. The normalized spacial score (nSPS) is 16.9. The van der Waals surface area contributed by atoms with E-state index >= 15 is 0 Å². The van der Waals surface area contributed by atoms with Crippen LogP contribution in [-0.2, 0) is 11.4 Å². The summed E-state index contributed by atoms with van der Waals surface area (Å²) in [6.07, 6.45) is 1.90. The maximum absolute atomic E-state index is 5.59. The Morgan fingerprint density at radius 2 is 1.96 bits per heavy atom. The first-order chi connectivity index (χ1) is 13.7. The molecule has 2 aromatic rings. The first-order valence-corrected chi connectivity index (χ1v) is 9.30. The Bertz CT molecular complexity index is 886. The van der Waals surface area contributed by atoms with Crippen molar-refractivity contribution in [3.05, 3.63) is 59.7 Å². The highest BCUT2D eigenvalue weighted by atomic mass is 32.1. The van der Waals surface area contributed by atoms with Crippen LogP contribution in [0.1, 0.15) is 11.1 Å². The van der Waals surface area contributed by atoms with Crippen molar-refractivity contribution >= 4 is 23.0 Å². The monoisotopic (exact) mass is 399 g/mol. The van der Waals surface area contributed by atoms with Crippen LogP contribution in [0.3, 0.4) is 0 Å². The standard InChI is InChI=1S/C20H21N3O4S/c1-24-15-5-3-14(4-6-15)17-9-16(27-23-17)11-22-20(28)21-10-13-2-7-18-19(8-13)26-12-25-18/h2-9,16,23H,10-12H2,1H3,(H2,21,22,28)/t16-/m1/s1. The van der Waals surface area contributed by atoms with Gasteiger partial charge in [-0.2, -0.15) is 0 Å². The van der Waals surface area contributed by atoms with Crippen LogP contribution in [-0.4, -0.2) is 31.7 Å². The molecule has 0 spiro atoms. The van der Waals surface area contributed by atoms with Gasteiger partial charge in [-0.15, -0.1) is 0 Å². The maximum atomic E-state index is 5.59. The molecule has 3 N–H and O–H groups in total. The van der Waals surface area contributed by atoms with Crippen molar-refractivity contribution in [1.29, 1.82) is 0 Å². The zero-order valence-corrected chi connectivity index (χ0v) is 16.2. The number of hydroxylamine groups is 1. The third kappa shape index (κ3) is 4.29. The number of fused-ring (bicyclic) bond motifs is 1. The highest BCUT2D eigenvalue weighted by molar-refractivity contribution is 7.80. The summed E-state index contributed by atoms with van der Waals surface area (Å²) >= 11 is 5.35. The highest BCUT2D eigenvalue weighted by Gasteiger charge is 2.18. The summed E-state index contributed by atoms with van der Waals surface area (Å²) < 4.78 is 15.9. The minimum Gasteiger partial charge on any atom is -0.497 e. The number of ether oxygens (including phenoxy) is 3. The van der Waals surface area contributed by atoms with Gasteiger partial charge >= 0.3 is 0 Å². The first kappa shape index (κ1) is 18.4. The predicted octanol–water partition coefficient (Wildman–Crippen LogP) is 2.33. The van der Waals surface area contributed by atoms with E-state index in [9.17, 15) is 0 Å². The zero-order chi connectivity index (χ0) is 19.3. The predicted molar refractivity (Wildman–Crippen MR) is 109 cm³/mol. The topological polar surface area (TPSA) is 73.0 Å². The van der Waals surface area contributed by atoms with Gasteiger partial charge in [-0.25, -0.2) is 0 Å². The van der Waals surface area contributed by atoms with Crippen molar-refractivity contribution in [1.82, 2.24) is 16.1 Å². The highest BCUT2D eigenvalue weighted by Crippen LogP contribution is 2.32. The number of rotatable bonds is 6. The molecule has 2 aromatic carbocycles. The number of hydrogen-bond acceptors (Lipinski definition) is 6. The maximum Gasteiger partial charge on any atom is 0.231 e. The van der Waals surface area contributed by atoms with Crippen LogP contribution in [0, 0.1) is 0 Å². The van der Waals surface area contributed by atoms with Crippen molar-refractivity contribution in [3.63, 3.8) is 0 Å². The second kappa shape index (κ2) is 8.37. The summed E-state index contributed by atoms with van der Waals surface area (Å²) in [7, 11) is 1.65. The largest absolute Gasteiger partial charge is 0.497 e. The van der Waals surface area contributed by atoms with Crippen molar-refractivity contribution in [2.45, 2.75) is 12.6 Å². The number of nitrogens with one attached hydrogen (secondary N) is 3. The summed E-state index contributed by atoms with van der Waals surface area (Å²) in [5.41, 5.74) is 5.98. The lowest BCUT2D eigenvalue weighted by Gasteiger charge is -2.13. The molecule has 0 aliphatic carbocycles. The van der Waals surface area contributed by atoms with E-state index in [2.05, 4.69) is 16.1 Å². The molecule has 0 aromatic heterocycles. The van der Waals surface area contributed by atoms with Crippen LogP contribution in [0.4, 0.5) is 0 Å². The van der Waals surface area contributed by atoms with Gasteiger partial charge in [0.05, 0.1) is 12.8 Å². The molecule has 2 aliphatic heterocycles. The molecule has 2 aliphatic rings. The van der Waals surface area contributed by atoms with E-state index in [0.717, 1.165) is 34.1 Å². The van der Waals surface area contributed by atoms with E-state index in [1.54, 1.807) is 7.11 Å². The average molecular weight is 399 g/mol. The first-order valence-electron chi connectivity index (χ1n) is 8.89. The Morgan fingerprint density at radius 1 is 1.14 bits per heavy atom. The van der Waals surface area contributed by atoms with Gasteiger partial charge in [0.1, 0.15) is 11.9 Å². The summed E-state index contributed by atoms with van der Waals surface area (Å²) in [6.45, 7) is 1.42. The van der Waals surface area contributed by atoms with Crippen LogP contribution in [0.25, 0.3) is 5.70 Å². The van der Waals surface area contributed by atoms with Crippen LogP contribution in [0.5, 0.6) is 17.2 Å². The number of benzene rings is 2. The van der Waals surface area contributed by atoms with Crippen molar-refractivity contribution in [2.24, 2.45) is 0 Å².